The van der Waals surface area contributed by atoms with Gasteiger partial charge in [0.15, 0.2) is 5.75 Å². The van der Waals surface area contributed by atoms with Crippen LogP contribution in [-0.4, -0.2) is 57.6 Å². The molecule has 1 aromatic carbocycles. The van der Waals surface area contributed by atoms with E-state index in [1.165, 1.54) is 0 Å². The molecule has 1 fully saturated rings. The maximum atomic E-state index is 12.8. The van der Waals surface area contributed by atoms with Crippen molar-refractivity contribution in [3.63, 3.8) is 0 Å². The maximum absolute atomic E-state index is 12.8. The van der Waals surface area contributed by atoms with Crippen LogP contribution in [0.5, 0.6) is 5.75 Å². The lowest BCUT2D eigenvalue weighted by Gasteiger charge is -2.26. The van der Waals surface area contributed by atoms with Gasteiger partial charge in [0, 0.05) is 25.2 Å². The Hall–Kier alpha value is -2.35. The van der Waals surface area contributed by atoms with Crippen LogP contribution in [0.15, 0.2) is 29.1 Å². The monoisotopic (exact) mass is 388 g/mol. The fraction of sp³-hybridized carbons (Fsp3) is 0.368. The normalized spacial score (nSPS) is 15.5. The van der Waals surface area contributed by atoms with Crippen molar-refractivity contribution in [1.29, 1.82) is 0 Å². The van der Waals surface area contributed by atoms with E-state index in [1.54, 1.807) is 29.8 Å². The van der Waals surface area contributed by atoms with Crippen molar-refractivity contribution >= 4 is 22.6 Å². The van der Waals surface area contributed by atoms with E-state index in [4.69, 9.17) is 16.3 Å². The van der Waals surface area contributed by atoms with E-state index in [1.807, 2.05) is 6.07 Å². The molecular formula is C19H21ClN4O3. The molecule has 0 amide bonds. The number of H-pyrrole nitrogens is 1. The molecule has 0 atom stereocenters. The quantitative estimate of drug-likeness (QED) is 0.717. The molecule has 0 spiro atoms. The molecule has 3 aromatic rings. The molecular weight excluding hydrogens is 368 g/mol. The number of aromatic amines is 1. The standard InChI is InChI=1S/C19H21ClN4O3/c1-12-15-17(25)18(26)16(13-4-2-3-5-14(13)20)21-19(15)24(22-12)7-6-23-8-10-27-11-9-23/h2-5,26H,6-11H2,1H3,(H,21,25). The smallest absolute Gasteiger partial charge is 0.235 e. The summed E-state index contributed by atoms with van der Waals surface area (Å²) in [6, 6.07) is 7.10. The first-order valence-corrected chi connectivity index (χ1v) is 9.31. The SMILES string of the molecule is Cc1nn(CCN2CCOCC2)c2[nH]c(-c3ccccc3Cl)c(O)c(=O)c12. The fourth-order valence-electron chi connectivity index (χ4n) is 3.47. The summed E-state index contributed by atoms with van der Waals surface area (Å²) in [6.07, 6.45) is 0. The zero-order valence-electron chi connectivity index (χ0n) is 15.0. The minimum absolute atomic E-state index is 0.311. The molecule has 1 aliphatic rings. The highest BCUT2D eigenvalue weighted by Gasteiger charge is 2.20. The summed E-state index contributed by atoms with van der Waals surface area (Å²) in [6.45, 7) is 6.47. The summed E-state index contributed by atoms with van der Waals surface area (Å²) in [5.74, 6) is -0.341. The Morgan fingerprint density at radius 1 is 1.26 bits per heavy atom. The van der Waals surface area contributed by atoms with Gasteiger partial charge in [0.1, 0.15) is 5.65 Å². The lowest BCUT2D eigenvalue weighted by molar-refractivity contribution is 0.0361. The second-order valence-corrected chi connectivity index (χ2v) is 7.05. The Morgan fingerprint density at radius 3 is 2.74 bits per heavy atom. The van der Waals surface area contributed by atoms with Crippen molar-refractivity contribution in [1.82, 2.24) is 19.7 Å². The van der Waals surface area contributed by atoms with Gasteiger partial charge in [-0.05, 0) is 13.0 Å². The summed E-state index contributed by atoms with van der Waals surface area (Å²) in [4.78, 5) is 18.3. The van der Waals surface area contributed by atoms with Gasteiger partial charge in [0.25, 0.3) is 0 Å². The van der Waals surface area contributed by atoms with E-state index in [2.05, 4.69) is 15.0 Å². The van der Waals surface area contributed by atoms with Gasteiger partial charge < -0.3 is 14.8 Å². The number of morpholine rings is 1. The van der Waals surface area contributed by atoms with Crippen molar-refractivity contribution in [2.24, 2.45) is 0 Å². The van der Waals surface area contributed by atoms with Gasteiger partial charge >= 0.3 is 0 Å². The van der Waals surface area contributed by atoms with E-state index in [0.29, 0.717) is 39.6 Å². The Labute approximate surface area is 161 Å². The number of rotatable bonds is 4. The highest BCUT2D eigenvalue weighted by Crippen LogP contribution is 2.32. The topological polar surface area (TPSA) is 83.4 Å². The molecule has 4 rings (SSSR count). The maximum Gasteiger partial charge on any atom is 0.235 e. The van der Waals surface area contributed by atoms with E-state index in [-0.39, 0.29) is 5.75 Å². The highest BCUT2D eigenvalue weighted by atomic mass is 35.5. The van der Waals surface area contributed by atoms with Gasteiger partial charge in [-0.1, -0.05) is 29.8 Å². The van der Waals surface area contributed by atoms with E-state index < -0.39 is 5.43 Å². The molecule has 0 aliphatic carbocycles. The van der Waals surface area contributed by atoms with Gasteiger partial charge in [0.05, 0.1) is 41.6 Å². The summed E-state index contributed by atoms with van der Waals surface area (Å²) in [7, 11) is 0. The van der Waals surface area contributed by atoms with Crippen LogP contribution in [0.3, 0.4) is 0 Å². The number of hydrogen-bond acceptors (Lipinski definition) is 5. The van der Waals surface area contributed by atoms with Crippen molar-refractivity contribution < 1.29 is 9.84 Å². The number of benzene rings is 1. The van der Waals surface area contributed by atoms with Crippen molar-refractivity contribution in [2.45, 2.75) is 13.5 Å². The number of hydrogen-bond donors (Lipinski definition) is 2. The number of nitrogens with zero attached hydrogens (tertiary/aromatic N) is 3. The minimum atomic E-state index is -0.436. The third-order valence-corrected chi connectivity index (χ3v) is 5.25. The third-order valence-electron chi connectivity index (χ3n) is 4.92. The zero-order valence-corrected chi connectivity index (χ0v) is 15.8. The summed E-state index contributed by atoms with van der Waals surface area (Å²) in [5.41, 5.74) is 1.64. The van der Waals surface area contributed by atoms with Gasteiger partial charge in [-0.3, -0.25) is 9.69 Å². The number of aryl methyl sites for hydroxylation is 1. The summed E-state index contributed by atoms with van der Waals surface area (Å²) >= 11 is 6.27. The molecule has 2 N–H and O–H groups in total. The molecule has 1 aliphatic heterocycles. The number of aromatic hydroxyl groups is 1. The number of fused-ring (bicyclic) bond motifs is 1. The highest BCUT2D eigenvalue weighted by molar-refractivity contribution is 6.33. The van der Waals surface area contributed by atoms with E-state index in [0.717, 1.165) is 32.8 Å². The number of pyridine rings is 1. The van der Waals surface area contributed by atoms with E-state index >= 15 is 0 Å². The Morgan fingerprint density at radius 2 is 2.00 bits per heavy atom. The second kappa shape index (κ2) is 7.34. The van der Waals surface area contributed by atoms with Gasteiger partial charge in [0.2, 0.25) is 5.43 Å². The average Bonchev–Trinajstić information content (AvgIpc) is 3.00. The summed E-state index contributed by atoms with van der Waals surface area (Å²) in [5, 5.41) is 15.9. The predicted octanol–water partition coefficient (Wildman–Crippen LogP) is 2.39. The second-order valence-electron chi connectivity index (χ2n) is 6.64. The molecule has 0 bridgehead atoms. The van der Waals surface area contributed by atoms with Gasteiger partial charge in [-0.15, -0.1) is 0 Å². The molecule has 3 heterocycles. The predicted molar refractivity (Wildman–Crippen MR) is 104 cm³/mol. The number of ether oxygens (including phenoxy) is 1. The molecule has 142 valence electrons. The van der Waals surface area contributed by atoms with Crippen LogP contribution < -0.4 is 5.43 Å². The molecule has 8 heteroatoms. The first-order valence-electron chi connectivity index (χ1n) is 8.93. The number of halogens is 1. The number of nitrogens with one attached hydrogen (secondary N) is 1. The number of aromatic nitrogens is 3. The van der Waals surface area contributed by atoms with Crippen LogP contribution >= 0.6 is 11.6 Å². The zero-order chi connectivity index (χ0) is 19.0. The Kier molecular flexibility index (Phi) is 4.90. The van der Waals surface area contributed by atoms with Crippen molar-refractivity contribution in [2.75, 3.05) is 32.8 Å². The van der Waals surface area contributed by atoms with Crippen molar-refractivity contribution in [3.05, 3.63) is 45.2 Å². The third kappa shape index (κ3) is 3.34. The average molecular weight is 389 g/mol. The van der Waals surface area contributed by atoms with E-state index in [9.17, 15) is 9.90 Å². The largest absolute Gasteiger partial charge is 0.503 e. The Bertz CT molecular complexity index is 1040. The molecule has 0 radical (unpaired) electrons. The summed E-state index contributed by atoms with van der Waals surface area (Å²) < 4.78 is 7.17. The van der Waals surface area contributed by atoms with Crippen LogP contribution in [0.2, 0.25) is 5.02 Å². The minimum Gasteiger partial charge on any atom is -0.503 e. The molecule has 1 saturated heterocycles. The molecule has 7 nitrogen and oxygen atoms in total. The molecule has 2 aromatic heterocycles. The Balaban J connectivity index is 1.77. The lowest BCUT2D eigenvalue weighted by Crippen LogP contribution is -2.38. The van der Waals surface area contributed by atoms with Crippen LogP contribution in [0.25, 0.3) is 22.3 Å². The molecule has 0 saturated carbocycles. The first kappa shape index (κ1) is 18.0. The van der Waals surface area contributed by atoms with Crippen molar-refractivity contribution in [3.8, 4) is 17.0 Å². The van der Waals surface area contributed by atoms with Crippen LogP contribution in [-0.2, 0) is 11.3 Å². The van der Waals surface area contributed by atoms with Crippen LogP contribution in [0.1, 0.15) is 5.69 Å². The van der Waals surface area contributed by atoms with Crippen LogP contribution in [0, 0.1) is 6.92 Å². The molecule has 0 unspecified atom stereocenters. The van der Waals surface area contributed by atoms with Gasteiger partial charge in [-0.2, -0.15) is 5.10 Å². The molecule has 27 heavy (non-hydrogen) atoms. The van der Waals surface area contributed by atoms with Gasteiger partial charge in [-0.25, -0.2) is 4.68 Å². The van der Waals surface area contributed by atoms with Crippen LogP contribution in [0.4, 0.5) is 0 Å². The fourth-order valence-corrected chi connectivity index (χ4v) is 3.70. The lowest BCUT2D eigenvalue weighted by atomic mass is 10.1. The first-order chi connectivity index (χ1) is 13.1.